The van der Waals surface area contributed by atoms with Gasteiger partial charge in [0.25, 0.3) is 5.69 Å². The second-order valence-corrected chi connectivity index (χ2v) is 4.37. The lowest BCUT2D eigenvalue weighted by Gasteiger charge is -2.06. The molecule has 0 bridgehead atoms. The maximum atomic E-state index is 11.2. The summed E-state index contributed by atoms with van der Waals surface area (Å²) in [6.07, 6.45) is -0.423. The highest BCUT2D eigenvalue weighted by Crippen LogP contribution is 2.36. The number of ether oxygens (including phenoxy) is 1. The molecule has 0 aromatic heterocycles. The highest BCUT2D eigenvalue weighted by molar-refractivity contribution is 5.86. The quantitative estimate of drug-likeness (QED) is 0.319. The number of hydrogen-bond donors (Lipinski definition) is 0. The van der Waals surface area contributed by atoms with Crippen molar-refractivity contribution < 1.29 is 24.3 Å². The van der Waals surface area contributed by atoms with Gasteiger partial charge in [-0.2, -0.15) is 0 Å². The zero-order valence-electron chi connectivity index (χ0n) is 11.9. The Morgan fingerprint density at radius 1 is 1.09 bits per heavy atom. The number of hydrogen-bond acceptors (Lipinski definition) is 8. The summed E-state index contributed by atoms with van der Waals surface area (Å²) in [5.74, 6) is -0.777. The number of esters is 1. The van der Waals surface area contributed by atoms with Crippen LogP contribution in [0.1, 0.15) is 12.5 Å². The van der Waals surface area contributed by atoms with Crippen LogP contribution < -0.4 is 0 Å². The van der Waals surface area contributed by atoms with Gasteiger partial charge in [-0.15, -0.1) is 0 Å². The molecule has 122 valence electrons. The fraction of sp³-hybridized carbons (Fsp3) is 0.250. The Morgan fingerprint density at radius 2 is 1.61 bits per heavy atom. The van der Waals surface area contributed by atoms with Crippen LogP contribution in [0, 0.1) is 30.3 Å². The number of carbonyl (C=O) groups is 1. The van der Waals surface area contributed by atoms with Gasteiger partial charge in [0.15, 0.2) is 0 Å². The van der Waals surface area contributed by atoms with E-state index < -0.39 is 56.4 Å². The maximum Gasteiger partial charge on any atom is 0.356 e. The Morgan fingerprint density at radius 3 is 2.04 bits per heavy atom. The predicted octanol–water partition coefficient (Wildman–Crippen LogP) is 2.07. The molecule has 0 aliphatic carbocycles. The standard InChI is InChI=1S/C12H11N3O8/c1-7(2)12(16)23-6-5-8-9(13(17)18)3-4-10(14(19)20)11(8)15(21)22/h3-4H,1,5-6H2,2H3. The van der Waals surface area contributed by atoms with E-state index in [2.05, 4.69) is 6.58 Å². The largest absolute Gasteiger partial charge is 0.462 e. The number of nitrogens with zero attached hydrogens (tertiary/aromatic N) is 3. The Balaban J connectivity index is 3.29. The topological polar surface area (TPSA) is 156 Å². The fourth-order valence-electron chi connectivity index (χ4n) is 1.75. The van der Waals surface area contributed by atoms with Crippen molar-refractivity contribution in [1.29, 1.82) is 0 Å². The first-order valence-corrected chi connectivity index (χ1v) is 6.08. The first-order valence-electron chi connectivity index (χ1n) is 6.08. The van der Waals surface area contributed by atoms with Crippen molar-refractivity contribution in [2.24, 2.45) is 0 Å². The van der Waals surface area contributed by atoms with Gasteiger partial charge in [0, 0.05) is 24.1 Å². The van der Waals surface area contributed by atoms with Crippen LogP contribution >= 0.6 is 0 Å². The minimum atomic E-state index is -1.07. The predicted molar refractivity (Wildman–Crippen MR) is 75.9 cm³/mol. The molecule has 23 heavy (non-hydrogen) atoms. The van der Waals surface area contributed by atoms with Crippen LogP contribution in [0.3, 0.4) is 0 Å². The van der Waals surface area contributed by atoms with Crippen molar-refractivity contribution in [3.63, 3.8) is 0 Å². The third-order valence-electron chi connectivity index (χ3n) is 2.75. The fourth-order valence-corrected chi connectivity index (χ4v) is 1.75. The van der Waals surface area contributed by atoms with Crippen LogP contribution in [0.4, 0.5) is 17.1 Å². The molecule has 0 aliphatic rings. The Hall–Kier alpha value is -3.37. The molecule has 0 fully saturated rings. The third-order valence-corrected chi connectivity index (χ3v) is 2.75. The number of benzene rings is 1. The Labute approximate surface area is 128 Å². The van der Waals surface area contributed by atoms with Crippen molar-refractivity contribution in [3.05, 3.63) is 60.2 Å². The summed E-state index contributed by atoms with van der Waals surface area (Å²) in [7, 11) is 0. The normalized spacial score (nSPS) is 9.96. The van der Waals surface area contributed by atoms with Crippen LogP contribution in [0.25, 0.3) is 0 Å². The summed E-state index contributed by atoms with van der Waals surface area (Å²) in [6.45, 7) is 4.28. The molecule has 1 aromatic carbocycles. The monoisotopic (exact) mass is 325 g/mol. The Bertz CT molecular complexity index is 713. The highest BCUT2D eigenvalue weighted by Gasteiger charge is 2.34. The summed E-state index contributed by atoms with van der Waals surface area (Å²) < 4.78 is 4.72. The van der Waals surface area contributed by atoms with Gasteiger partial charge in [-0.25, -0.2) is 4.79 Å². The molecular formula is C12H11N3O8. The smallest absolute Gasteiger partial charge is 0.356 e. The van der Waals surface area contributed by atoms with Gasteiger partial charge in [0.05, 0.1) is 21.4 Å². The average Bonchev–Trinajstić information content (AvgIpc) is 2.45. The van der Waals surface area contributed by atoms with Crippen molar-refractivity contribution in [2.75, 3.05) is 6.61 Å². The van der Waals surface area contributed by atoms with Gasteiger partial charge in [0.2, 0.25) is 0 Å². The number of carbonyl (C=O) groups excluding carboxylic acids is 1. The molecule has 0 atom stereocenters. The van der Waals surface area contributed by atoms with E-state index in [1.54, 1.807) is 0 Å². The lowest BCUT2D eigenvalue weighted by Crippen LogP contribution is -2.11. The molecule has 0 aliphatic heterocycles. The minimum Gasteiger partial charge on any atom is -0.462 e. The van der Waals surface area contributed by atoms with Crippen LogP contribution in [0.2, 0.25) is 0 Å². The van der Waals surface area contributed by atoms with Crippen molar-refractivity contribution in [1.82, 2.24) is 0 Å². The SMILES string of the molecule is C=C(C)C(=O)OCCc1c([N+](=O)[O-])ccc([N+](=O)[O-])c1[N+](=O)[O-]. The summed E-state index contributed by atoms with van der Waals surface area (Å²) in [6, 6.07) is 1.50. The van der Waals surface area contributed by atoms with Crippen LogP contribution in [0.5, 0.6) is 0 Å². The Kier molecular flexibility index (Phi) is 5.43. The van der Waals surface area contributed by atoms with Crippen LogP contribution in [-0.4, -0.2) is 27.3 Å². The summed E-state index contributed by atoms with van der Waals surface area (Å²) in [5, 5.41) is 32.9. The van der Waals surface area contributed by atoms with E-state index in [1.807, 2.05) is 0 Å². The molecule has 11 nitrogen and oxygen atoms in total. The molecule has 0 saturated heterocycles. The molecule has 0 spiro atoms. The number of rotatable bonds is 7. The van der Waals surface area contributed by atoms with Gasteiger partial charge < -0.3 is 4.74 Å². The van der Waals surface area contributed by atoms with Gasteiger partial charge in [-0.1, -0.05) is 6.58 Å². The van der Waals surface area contributed by atoms with Gasteiger partial charge in [0.1, 0.15) is 5.56 Å². The van der Waals surface area contributed by atoms with E-state index >= 15 is 0 Å². The molecule has 0 heterocycles. The molecule has 11 heteroatoms. The molecule has 0 unspecified atom stereocenters. The first-order chi connectivity index (χ1) is 10.7. The van der Waals surface area contributed by atoms with Crippen molar-refractivity contribution in [2.45, 2.75) is 13.3 Å². The van der Waals surface area contributed by atoms with Crippen LogP contribution in [0.15, 0.2) is 24.3 Å². The van der Waals surface area contributed by atoms with E-state index in [9.17, 15) is 35.1 Å². The minimum absolute atomic E-state index is 0.0769. The van der Waals surface area contributed by atoms with Gasteiger partial charge in [-0.05, 0) is 6.92 Å². The van der Waals surface area contributed by atoms with E-state index in [4.69, 9.17) is 4.74 Å². The maximum absolute atomic E-state index is 11.2. The van der Waals surface area contributed by atoms with E-state index in [1.165, 1.54) is 6.92 Å². The van der Waals surface area contributed by atoms with E-state index in [-0.39, 0.29) is 5.57 Å². The average molecular weight is 325 g/mol. The number of nitro benzene ring substituents is 3. The molecule has 0 saturated carbocycles. The second kappa shape index (κ2) is 7.06. The third kappa shape index (κ3) is 4.06. The van der Waals surface area contributed by atoms with Crippen molar-refractivity contribution >= 4 is 23.0 Å². The highest BCUT2D eigenvalue weighted by atomic mass is 16.6. The lowest BCUT2D eigenvalue weighted by atomic mass is 10.1. The molecular weight excluding hydrogens is 314 g/mol. The summed E-state index contributed by atoms with van der Waals surface area (Å²) >= 11 is 0. The summed E-state index contributed by atoms with van der Waals surface area (Å²) in [5.41, 5.74) is -2.93. The number of nitro groups is 3. The van der Waals surface area contributed by atoms with E-state index in [0.717, 1.165) is 6.07 Å². The second-order valence-electron chi connectivity index (χ2n) is 4.37. The molecule has 0 N–H and O–H groups in total. The lowest BCUT2D eigenvalue weighted by molar-refractivity contribution is -0.425. The van der Waals surface area contributed by atoms with Crippen LogP contribution in [-0.2, 0) is 16.0 Å². The van der Waals surface area contributed by atoms with Gasteiger partial charge >= 0.3 is 17.3 Å². The van der Waals surface area contributed by atoms with E-state index in [0.29, 0.717) is 6.07 Å². The zero-order valence-corrected chi connectivity index (χ0v) is 11.9. The zero-order chi connectivity index (χ0) is 17.7. The molecule has 0 amide bonds. The first kappa shape index (κ1) is 17.7. The van der Waals surface area contributed by atoms with Gasteiger partial charge in [-0.3, -0.25) is 30.3 Å². The molecule has 0 radical (unpaired) electrons. The summed E-state index contributed by atoms with van der Waals surface area (Å²) in [4.78, 5) is 41.2. The molecule has 1 rings (SSSR count). The van der Waals surface area contributed by atoms with Crippen molar-refractivity contribution in [3.8, 4) is 0 Å². The molecule has 1 aromatic rings.